The summed E-state index contributed by atoms with van der Waals surface area (Å²) in [5.41, 5.74) is -6.22. The molecule has 2 aromatic rings. The SMILES string of the molecule is C=C(CC(OC)(c1cc(C(F)(F)F)nn1C)C(F)(F)F)c1ccc(C(=O)NCC(C)=O)c(C#N)c1. The number of Topliss-reactive ketones (excluding diaryl/α,β-unsaturated/α-hetero) is 1. The lowest BCUT2D eigenvalue weighted by atomic mass is 9.86. The van der Waals surface area contributed by atoms with Crippen molar-refractivity contribution in [3.8, 4) is 6.07 Å². The molecule has 1 atom stereocenters. The van der Waals surface area contributed by atoms with Crippen molar-refractivity contribution in [2.75, 3.05) is 13.7 Å². The van der Waals surface area contributed by atoms with Crippen LogP contribution in [0.5, 0.6) is 0 Å². The van der Waals surface area contributed by atoms with E-state index in [0.29, 0.717) is 11.8 Å². The predicted molar refractivity (Wildman–Crippen MR) is 111 cm³/mol. The van der Waals surface area contributed by atoms with Gasteiger partial charge in [-0.05, 0) is 36.3 Å². The van der Waals surface area contributed by atoms with Crippen molar-refractivity contribution < 1.29 is 40.7 Å². The zero-order valence-electron chi connectivity index (χ0n) is 18.8. The van der Waals surface area contributed by atoms with Crippen LogP contribution in [0.15, 0.2) is 30.8 Å². The number of hydrogen-bond donors (Lipinski definition) is 1. The lowest BCUT2D eigenvalue weighted by Crippen LogP contribution is -2.45. The minimum atomic E-state index is -5.19. The first kappa shape index (κ1) is 27.6. The summed E-state index contributed by atoms with van der Waals surface area (Å²) >= 11 is 0. The van der Waals surface area contributed by atoms with Crippen molar-refractivity contribution in [3.05, 3.63) is 58.9 Å². The number of carbonyl (C=O) groups is 2. The van der Waals surface area contributed by atoms with Crippen molar-refractivity contribution >= 4 is 17.3 Å². The average molecular weight is 502 g/mol. The molecule has 0 aliphatic carbocycles. The van der Waals surface area contributed by atoms with Gasteiger partial charge in [-0.25, -0.2) is 0 Å². The van der Waals surface area contributed by atoms with Gasteiger partial charge in [-0.15, -0.1) is 0 Å². The van der Waals surface area contributed by atoms with E-state index < -0.39 is 41.7 Å². The van der Waals surface area contributed by atoms with Crippen LogP contribution in [0.1, 0.15) is 46.2 Å². The van der Waals surface area contributed by atoms with Gasteiger partial charge in [0.25, 0.3) is 5.91 Å². The molecule has 0 bridgehead atoms. The molecule has 0 spiro atoms. The quantitative estimate of drug-likeness (QED) is 0.548. The predicted octanol–water partition coefficient (Wildman–Crippen LogP) is 4.14. The van der Waals surface area contributed by atoms with Crippen LogP contribution < -0.4 is 5.32 Å². The molecule has 1 N–H and O–H groups in total. The van der Waals surface area contributed by atoms with Gasteiger partial charge in [-0.2, -0.15) is 36.7 Å². The highest BCUT2D eigenvalue weighted by atomic mass is 19.4. The maximum absolute atomic E-state index is 14.3. The Hall–Kier alpha value is -3.66. The summed E-state index contributed by atoms with van der Waals surface area (Å²) in [5.74, 6) is -1.08. The highest BCUT2D eigenvalue weighted by Crippen LogP contribution is 2.48. The monoisotopic (exact) mass is 502 g/mol. The number of halogens is 6. The van der Waals surface area contributed by atoms with E-state index in [4.69, 9.17) is 4.74 Å². The number of nitrogens with one attached hydrogen (secondary N) is 1. The molecule has 13 heteroatoms. The molecule has 0 radical (unpaired) electrons. The number of benzene rings is 1. The summed E-state index contributed by atoms with van der Waals surface area (Å²) in [7, 11) is 1.62. The van der Waals surface area contributed by atoms with Gasteiger partial charge in [0, 0.05) is 20.6 Å². The third kappa shape index (κ3) is 5.71. The Morgan fingerprint density at radius 1 is 1.20 bits per heavy atom. The number of hydrogen-bond acceptors (Lipinski definition) is 5. The first-order valence-corrected chi connectivity index (χ1v) is 9.81. The maximum Gasteiger partial charge on any atom is 0.435 e. The fraction of sp³-hybridized carbons (Fsp3) is 0.364. The zero-order valence-corrected chi connectivity index (χ0v) is 18.8. The first-order valence-electron chi connectivity index (χ1n) is 9.81. The normalized spacial score (nSPS) is 13.6. The van der Waals surface area contributed by atoms with Crippen LogP contribution in [-0.2, 0) is 28.4 Å². The second-order valence-corrected chi connectivity index (χ2v) is 7.60. The number of rotatable bonds is 8. The second kappa shape index (κ2) is 9.91. The molecule has 2 rings (SSSR count). The number of nitrogens with zero attached hydrogens (tertiary/aromatic N) is 3. The van der Waals surface area contributed by atoms with E-state index in [1.807, 2.05) is 0 Å². The zero-order chi connectivity index (χ0) is 26.8. The molecule has 0 saturated carbocycles. The van der Waals surface area contributed by atoms with Crippen molar-refractivity contribution in [1.29, 1.82) is 5.26 Å². The van der Waals surface area contributed by atoms with Gasteiger partial charge in [-0.3, -0.25) is 14.3 Å². The van der Waals surface area contributed by atoms with Crippen LogP contribution in [0.2, 0.25) is 0 Å². The number of amides is 1. The summed E-state index contributed by atoms with van der Waals surface area (Å²) < 4.78 is 87.3. The van der Waals surface area contributed by atoms with Crippen molar-refractivity contribution in [1.82, 2.24) is 15.1 Å². The Morgan fingerprint density at radius 3 is 2.29 bits per heavy atom. The van der Waals surface area contributed by atoms with Crippen LogP contribution >= 0.6 is 0 Å². The minimum absolute atomic E-state index is 0.0218. The average Bonchev–Trinajstić information content (AvgIpc) is 3.16. The van der Waals surface area contributed by atoms with Crippen LogP contribution in [-0.4, -0.2) is 41.3 Å². The molecule has 0 fully saturated rings. The lowest BCUT2D eigenvalue weighted by Gasteiger charge is -2.35. The molecular weight excluding hydrogens is 482 g/mol. The van der Waals surface area contributed by atoms with Crippen molar-refractivity contribution in [3.63, 3.8) is 0 Å². The van der Waals surface area contributed by atoms with Gasteiger partial charge in [-0.1, -0.05) is 12.6 Å². The van der Waals surface area contributed by atoms with Crippen LogP contribution in [0, 0.1) is 11.3 Å². The summed E-state index contributed by atoms with van der Waals surface area (Å²) in [6.45, 7) is 4.56. The fourth-order valence-corrected chi connectivity index (χ4v) is 3.37. The molecule has 1 aromatic heterocycles. The maximum atomic E-state index is 14.3. The second-order valence-electron chi connectivity index (χ2n) is 7.60. The van der Waals surface area contributed by atoms with Crippen LogP contribution in [0.3, 0.4) is 0 Å². The third-order valence-corrected chi connectivity index (χ3v) is 5.14. The number of ether oxygens (including phenoxy) is 1. The van der Waals surface area contributed by atoms with E-state index in [9.17, 15) is 41.2 Å². The Bertz CT molecular complexity index is 1190. The molecular formula is C22H20F6N4O3. The van der Waals surface area contributed by atoms with Gasteiger partial charge >= 0.3 is 12.4 Å². The summed E-state index contributed by atoms with van der Waals surface area (Å²) in [4.78, 5) is 23.3. The molecule has 1 heterocycles. The van der Waals surface area contributed by atoms with E-state index in [-0.39, 0.29) is 40.7 Å². The van der Waals surface area contributed by atoms with Crippen LogP contribution in [0.4, 0.5) is 26.3 Å². The summed E-state index contributed by atoms with van der Waals surface area (Å²) in [6, 6.07) is 5.52. The highest BCUT2D eigenvalue weighted by molar-refractivity contribution is 5.98. The Labute approximate surface area is 196 Å². The molecule has 1 unspecified atom stereocenters. The van der Waals surface area contributed by atoms with Gasteiger partial charge in [0.1, 0.15) is 5.78 Å². The van der Waals surface area contributed by atoms with E-state index in [1.165, 1.54) is 19.1 Å². The fourth-order valence-electron chi connectivity index (χ4n) is 3.37. The van der Waals surface area contributed by atoms with Gasteiger partial charge in [0.15, 0.2) is 5.69 Å². The molecule has 1 amide bonds. The van der Waals surface area contributed by atoms with E-state index in [0.717, 1.165) is 13.1 Å². The summed E-state index contributed by atoms with van der Waals surface area (Å²) in [5, 5.41) is 14.8. The first-order chi connectivity index (χ1) is 16.1. The summed E-state index contributed by atoms with van der Waals surface area (Å²) in [6.07, 6.45) is -11.2. The number of aromatic nitrogens is 2. The Morgan fingerprint density at radius 2 is 1.83 bits per heavy atom. The van der Waals surface area contributed by atoms with E-state index in [1.54, 1.807) is 6.07 Å². The standard InChI is InChI=1S/C22H20F6N4O3/c1-12(14-5-6-16(15(7-14)10-29)19(34)30-11-13(2)33)9-20(35-4,22(26,27)28)18-8-17(21(23,24)25)31-32(18)3/h5-8H,1,9,11H2,2-4H3,(H,30,34). The molecule has 7 nitrogen and oxygen atoms in total. The highest BCUT2D eigenvalue weighted by Gasteiger charge is 2.59. The van der Waals surface area contributed by atoms with Gasteiger partial charge in [0.2, 0.25) is 5.60 Å². The number of ketones is 1. The van der Waals surface area contributed by atoms with Gasteiger partial charge in [0.05, 0.1) is 29.4 Å². The van der Waals surface area contributed by atoms with Crippen molar-refractivity contribution in [2.24, 2.45) is 7.05 Å². The largest absolute Gasteiger partial charge is 0.435 e. The molecule has 0 aliphatic rings. The molecule has 35 heavy (non-hydrogen) atoms. The number of alkyl halides is 6. The third-order valence-electron chi connectivity index (χ3n) is 5.14. The van der Waals surface area contributed by atoms with Crippen molar-refractivity contribution in [2.45, 2.75) is 31.3 Å². The number of carbonyl (C=O) groups excluding carboxylic acids is 2. The number of nitriles is 1. The molecule has 0 saturated heterocycles. The molecule has 0 aliphatic heterocycles. The van der Waals surface area contributed by atoms with Crippen LogP contribution in [0.25, 0.3) is 5.57 Å². The lowest BCUT2D eigenvalue weighted by molar-refractivity contribution is -0.277. The van der Waals surface area contributed by atoms with E-state index >= 15 is 0 Å². The minimum Gasteiger partial charge on any atom is -0.363 e. The number of methoxy groups -OCH3 is 1. The topological polar surface area (TPSA) is 97.0 Å². The Kier molecular flexibility index (Phi) is 7.81. The molecule has 1 aromatic carbocycles. The van der Waals surface area contributed by atoms with Gasteiger partial charge < -0.3 is 10.1 Å². The van der Waals surface area contributed by atoms with E-state index in [2.05, 4.69) is 17.0 Å². The smallest absolute Gasteiger partial charge is 0.363 e. The molecule has 188 valence electrons. The number of aryl methyl sites for hydroxylation is 1. The Balaban J connectivity index is 2.51.